The van der Waals surface area contributed by atoms with Gasteiger partial charge in [0.25, 0.3) is 5.91 Å². The van der Waals surface area contributed by atoms with E-state index in [2.05, 4.69) is 5.32 Å². The monoisotopic (exact) mass is 288 g/mol. The lowest BCUT2D eigenvalue weighted by molar-refractivity contribution is 0.0951. The number of halogens is 1. The van der Waals surface area contributed by atoms with Crippen LogP contribution in [0, 0.1) is 0 Å². The Morgan fingerprint density at radius 1 is 1.10 bits per heavy atom. The second-order valence-corrected chi connectivity index (χ2v) is 4.98. The summed E-state index contributed by atoms with van der Waals surface area (Å²) in [5, 5.41) is 3.43. The summed E-state index contributed by atoms with van der Waals surface area (Å²) >= 11 is 5.86. The molecule has 2 rings (SSSR count). The first-order valence-electron chi connectivity index (χ1n) is 6.50. The van der Waals surface area contributed by atoms with Crippen molar-refractivity contribution in [2.45, 2.75) is 13.0 Å². The first kappa shape index (κ1) is 14.6. The van der Waals surface area contributed by atoms with Crippen molar-refractivity contribution in [2.75, 3.05) is 6.54 Å². The Bertz CT molecular complexity index is 581. The Kier molecular flexibility index (Phi) is 5.16. The third kappa shape index (κ3) is 4.08. The summed E-state index contributed by atoms with van der Waals surface area (Å²) in [6.07, 6.45) is 0.870. The molecule has 0 saturated carbocycles. The summed E-state index contributed by atoms with van der Waals surface area (Å²) in [7, 11) is 0. The topological polar surface area (TPSA) is 55.1 Å². The molecule has 20 heavy (non-hydrogen) atoms. The van der Waals surface area contributed by atoms with Crippen LogP contribution in [0.2, 0.25) is 5.02 Å². The van der Waals surface area contributed by atoms with Crippen molar-refractivity contribution >= 4 is 17.5 Å². The third-order valence-electron chi connectivity index (χ3n) is 3.00. The molecule has 104 valence electrons. The molecule has 0 bridgehead atoms. The van der Waals surface area contributed by atoms with Crippen molar-refractivity contribution in [2.24, 2.45) is 5.73 Å². The molecule has 0 heterocycles. The average Bonchev–Trinajstić information content (AvgIpc) is 2.46. The lowest BCUT2D eigenvalue weighted by Gasteiger charge is -2.07. The lowest BCUT2D eigenvalue weighted by Crippen LogP contribution is -2.22. The zero-order chi connectivity index (χ0) is 14.4. The number of hydrogen-bond donors (Lipinski definition) is 2. The molecule has 0 aromatic heterocycles. The molecule has 0 saturated heterocycles. The summed E-state index contributed by atoms with van der Waals surface area (Å²) in [4.78, 5) is 12.0. The Morgan fingerprint density at radius 3 is 2.45 bits per heavy atom. The van der Waals surface area contributed by atoms with Crippen molar-refractivity contribution in [3.05, 3.63) is 70.2 Å². The van der Waals surface area contributed by atoms with Gasteiger partial charge in [0.15, 0.2) is 0 Å². The highest BCUT2D eigenvalue weighted by Crippen LogP contribution is 2.11. The molecule has 4 heteroatoms. The normalized spacial score (nSPS) is 10.3. The van der Waals surface area contributed by atoms with Gasteiger partial charge in [0.05, 0.1) is 0 Å². The van der Waals surface area contributed by atoms with Crippen LogP contribution in [-0.4, -0.2) is 12.5 Å². The largest absolute Gasteiger partial charge is 0.348 e. The number of nitrogens with two attached hydrogens (primary N) is 1. The second-order valence-electron chi connectivity index (χ2n) is 4.55. The van der Waals surface area contributed by atoms with E-state index in [1.54, 1.807) is 24.3 Å². The zero-order valence-corrected chi connectivity index (χ0v) is 11.9. The zero-order valence-electron chi connectivity index (χ0n) is 11.1. The highest BCUT2D eigenvalue weighted by molar-refractivity contribution is 6.30. The van der Waals surface area contributed by atoms with Crippen LogP contribution < -0.4 is 11.1 Å². The quantitative estimate of drug-likeness (QED) is 0.889. The molecular formula is C16H17ClN2O. The molecule has 0 radical (unpaired) electrons. The molecule has 0 unspecified atom stereocenters. The highest BCUT2D eigenvalue weighted by atomic mass is 35.5. The van der Waals surface area contributed by atoms with Crippen LogP contribution >= 0.6 is 11.6 Å². The molecule has 2 aromatic carbocycles. The van der Waals surface area contributed by atoms with E-state index < -0.39 is 0 Å². The first-order valence-corrected chi connectivity index (χ1v) is 6.88. The van der Waals surface area contributed by atoms with Gasteiger partial charge in [0.2, 0.25) is 0 Å². The fraction of sp³-hybridized carbons (Fsp3) is 0.188. The molecule has 0 aliphatic carbocycles. The van der Waals surface area contributed by atoms with E-state index >= 15 is 0 Å². The molecular weight excluding hydrogens is 272 g/mol. The van der Waals surface area contributed by atoms with E-state index in [1.165, 1.54) is 5.56 Å². The fourth-order valence-corrected chi connectivity index (χ4v) is 2.09. The second kappa shape index (κ2) is 7.08. The van der Waals surface area contributed by atoms with Crippen molar-refractivity contribution in [1.82, 2.24) is 5.32 Å². The summed E-state index contributed by atoms with van der Waals surface area (Å²) in [6.45, 7) is 1.14. The van der Waals surface area contributed by atoms with Crippen LogP contribution in [0.5, 0.6) is 0 Å². The van der Waals surface area contributed by atoms with Gasteiger partial charge in [0.1, 0.15) is 0 Å². The van der Waals surface area contributed by atoms with E-state index in [4.69, 9.17) is 17.3 Å². The Balaban J connectivity index is 1.93. The van der Waals surface area contributed by atoms with Gasteiger partial charge in [0, 0.05) is 17.1 Å². The van der Waals surface area contributed by atoms with Gasteiger partial charge in [-0.25, -0.2) is 0 Å². The number of amides is 1. The summed E-state index contributed by atoms with van der Waals surface area (Å²) < 4.78 is 0. The van der Waals surface area contributed by atoms with Gasteiger partial charge in [-0.1, -0.05) is 41.9 Å². The number of nitrogens with one attached hydrogen (secondary N) is 1. The van der Waals surface area contributed by atoms with Crippen LogP contribution in [0.25, 0.3) is 0 Å². The molecule has 0 atom stereocenters. The van der Waals surface area contributed by atoms with E-state index in [1.807, 2.05) is 24.3 Å². The van der Waals surface area contributed by atoms with Crippen molar-refractivity contribution < 1.29 is 4.79 Å². The first-order chi connectivity index (χ1) is 9.69. The number of carbonyl (C=O) groups is 1. The van der Waals surface area contributed by atoms with Crippen molar-refractivity contribution in [3.63, 3.8) is 0 Å². The summed E-state index contributed by atoms with van der Waals surface area (Å²) in [5.41, 5.74) is 8.34. The minimum atomic E-state index is -0.126. The van der Waals surface area contributed by atoms with Gasteiger partial charge in [-0.05, 0) is 42.3 Å². The summed E-state index contributed by atoms with van der Waals surface area (Å²) in [5.74, 6) is -0.126. The number of carbonyl (C=O) groups excluding carboxylic acids is 1. The maximum Gasteiger partial charge on any atom is 0.251 e. The minimum Gasteiger partial charge on any atom is -0.348 e. The van der Waals surface area contributed by atoms with Crippen molar-refractivity contribution in [3.8, 4) is 0 Å². The third-order valence-corrected chi connectivity index (χ3v) is 3.23. The van der Waals surface area contributed by atoms with Crippen LogP contribution in [-0.2, 0) is 13.0 Å². The molecule has 0 aliphatic heterocycles. The molecule has 2 aromatic rings. The SMILES string of the molecule is NCCc1ccc(CNC(=O)c2cccc(Cl)c2)cc1. The molecule has 1 amide bonds. The van der Waals surface area contributed by atoms with Gasteiger partial charge in [-0.2, -0.15) is 0 Å². The van der Waals surface area contributed by atoms with Crippen molar-refractivity contribution in [1.29, 1.82) is 0 Å². The Labute approximate surface area is 123 Å². The molecule has 0 fully saturated rings. The van der Waals surface area contributed by atoms with E-state index in [0.29, 0.717) is 23.7 Å². The van der Waals surface area contributed by atoms with Gasteiger partial charge >= 0.3 is 0 Å². The average molecular weight is 289 g/mol. The predicted octanol–water partition coefficient (Wildman–Crippen LogP) is 2.77. The smallest absolute Gasteiger partial charge is 0.251 e. The van der Waals surface area contributed by atoms with Crippen LogP contribution in [0.15, 0.2) is 48.5 Å². The summed E-state index contributed by atoms with van der Waals surface area (Å²) in [6, 6.07) is 15.0. The lowest BCUT2D eigenvalue weighted by atomic mass is 10.1. The fourth-order valence-electron chi connectivity index (χ4n) is 1.90. The standard InChI is InChI=1S/C16H17ClN2O/c17-15-3-1-2-14(10-15)16(20)19-11-13-6-4-12(5-7-13)8-9-18/h1-7,10H,8-9,11,18H2,(H,19,20). The molecule has 3 N–H and O–H groups in total. The predicted molar refractivity (Wildman–Crippen MR) is 81.8 cm³/mol. The number of benzene rings is 2. The molecule has 0 aliphatic rings. The van der Waals surface area contributed by atoms with Gasteiger partial charge < -0.3 is 11.1 Å². The van der Waals surface area contributed by atoms with Gasteiger partial charge in [-0.3, -0.25) is 4.79 Å². The van der Waals surface area contributed by atoms with E-state index in [9.17, 15) is 4.79 Å². The Morgan fingerprint density at radius 2 is 1.80 bits per heavy atom. The van der Waals surface area contributed by atoms with Gasteiger partial charge in [-0.15, -0.1) is 0 Å². The van der Waals surface area contributed by atoms with Crippen LogP contribution in [0.1, 0.15) is 21.5 Å². The Hall–Kier alpha value is -1.84. The maximum absolute atomic E-state index is 12.0. The van der Waals surface area contributed by atoms with E-state index in [0.717, 1.165) is 12.0 Å². The molecule has 3 nitrogen and oxygen atoms in total. The number of rotatable bonds is 5. The highest BCUT2D eigenvalue weighted by Gasteiger charge is 2.05. The molecule has 0 spiro atoms. The minimum absolute atomic E-state index is 0.126. The van der Waals surface area contributed by atoms with Crippen LogP contribution in [0.3, 0.4) is 0 Å². The van der Waals surface area contributed by atoms with Crippen LogP contribution in [0.4, 0.5) is 0 Å². The van der Waals surface area contributed by atoms with E-state index in [-0.39, 0.29) is 5.91 Å². The maximum atomic E-state index is 12.0. The number of hydrogen-bond acceptors (Lipinski definition) is 2.